The SMILES string of the molecule is c1ccc(-c2cccc3ncccc23)c(COC2CCNC2)c1. The number of fused-ring (bicyclic) bond motifs is 1. The van der Waals surface area contributed by atoms with Crippen LogP contribution in [0.4, 0.5) is 0 Å². The number of benzene rings is 2. The van der Waals surface area contributed by atoms with Gasteiger partial charge in [0, 0.05) is 18.1 Å². The number of nitrogens with zero attached hydrogens (tertiary/aromatic N) is 1. The van der Waals surface area contributed by atoms with Gasteiger partial charge in [0.15, 0.2) is 0 Å². The summed E-state index contributed by atoms with van der Waals surface area (Å²) in [7, 11) is 0. The van der Waals surface area contributed by atoms with Gasteiger partial charge in [0.25, 0.3) is 0 Å². The Morgan fingerprint density at radius 3 is 2.83 bits per heavy atom. The molecule has 1 aliphatic heterocycles. The third kappa shape index (κ3) is 2.98. The topological polar surface area (TPSA) is 34.1 Å². The fourth-order valence-electron chi connectivity index (χ4n) is 3.23. The number of ether oxygens (including phenoxy) is 1. The second kappa shape index (κ2) is 6.49. The first-order valence-corrected chi connectivity index (χ1v) is 8.16. The average molecular weight is 304 g/mol. The van der Waals surface area contributed by atoms with Crippen molar-refractivity contribution in [1.82, 2.24) is 10.3 Å². The van der Waals surface area contributed by atoms with E-state index in [1.165, 1.54) is 22.1 Å². The molecule has 3 nitrogen and oxygen atoms in total. The summed E-state index contributed by atoms with van der Waals surface area (Å²) < 4.78 is 6.09. The average Bonchev–Trinajstić information content (AvgIpc) is 3.13. The molecule has 0 amide bonds. The van der Waals surface area contributed by atoms with Gasteiger partial charge in [0.2, 0.25) is 0 Å². The molecule has 1 aromatic heterocycles. The van der Waals surface area contributed by atoms with Gasteiger partial charge in [-0.1, -0.05) is 42.5 Å². The summed E-state index contributed by atoms with van der Waals surface area (Å²) in [6.07, 6.45) is 3.27. The number of pyridine rings is 1. The Hall–Kier alpha value is -2.23. The Labute approximate surface area is 136 Å². The van der Waals surface area contributed by atoms with Gasteiger partial charge >= 0.3 is 0 Å². The summed E-state index contributed by atoms with van der Waals surface area (Å²) in [5, 5.41) is 4.53. The molecule has 4 rings (SSSR count). The standard InChI is InChI=1S/C20H20N2O/c1-2-6-17(15(5-1)14-23-16-10-12-21-13-16)18-7-3-9-20-19(18)8-4-11-22-20/h1-9,11,16,21H,10,12-14H2. The Bertz CT molecular complexity index is 804. The van der Waals surface area contributed by atoms with E-state index in [4.69, 9.17) is 4.74 Å². The van der Waals surface area contributed by atoms with E-state index in [2.05, 4.69) is 58.8 Å². The first-order chi connectivity index (χ1) is 11.4. The van der Waals surface area contributed by atoms with E-state index >= 15 is 0 Å². The molecule has 2 heterocycles. The molecular formula is C20H20N2O. The zero-order chi connectivity index (χ0) is 15.5. The van der Waals surface area contributed by atoms with Crippen molar-refractivity contribution in [3.05, 3.63) is 66.4 Å². The summed E-state index contributed by atoms with van der Waals surface area (Å²) in [4.78, 5) is 4.47. The van der Waals surface area contributed by atoms with E-state index < -0.39 is 0 Å². The summed E-state index contributed by atoms with van der Waals surface area (Å²) >= 11 is 0. The van der Waals surface area contributed by atoms with E-state index in [0.29, 0.717) is 12.7 Å². The van der Waals surface area contributed by atoms with Gasteiger partial charge in [0.1, 0.15) is 0 Å². The minimum Gasteiger partial charge on any atom is -0.372 e. The molecule has 0 spiro atoms. The summed E-state index contributed by atoms with van der Waals surface area (Å²) in [5.41, 5.74) is 4.72. The van der Waals surface area contributed by atoms with E-state index in [1.807, 2.05) is 12.3 Å². The van der Waals surface area contributed by atoms with Crippen molar-refractivity contribution in [1.29, 1.82) is 0 Å². The smallest absolute Gasteiger partial charge is 0.0727 e. The molecule has 1 saturated heterocycles. The number of hydrogen-bond acceptors (Lipinski definition) is 3. The van der Waals surface area contributed by atoms with Gasteiger partial charge in [-0.2, -0.15) is 0 Å². The lowest BCUT2D eigenvalue weighted by molar-refractivity contribution is 0.0545. The maximum absolute atomic E-state index is 6.09. The zero-order valence-electron chi connectivity index (χ0n) is 13.0. The van der Waals surface area contributed by atoms with Crippen molar-refractivity contribution in [2.75, 3.05) is 13.1 Å². The second-order valence-electron chi connectivity index (χ2n) is 5.96. The molecule has 0 radical (unpaired) electrons. The molecule has 116 valence electrons. The highest BCUT2D eigenvalue weighted by Crippen LogP contribution is 2.30. The molecule has 2 aromatic carbocycles. The molecule has 0 aliphatic carbocycles. The van der Waals surface area contributed by atoms with Crippen molar-refractivity contribution >= 4 is 10.9 Å². The highest BCUT2D eigenvalue weighted by atomic mass is 16.5. The van der Waals surface area contributed by atoms with Crippen LogP contribution in [-0.2, 0) is 11.3 Å². The molecule has 0 saturated carbocycles. The third-order valence-corrected chi connectivity index (χ3v) is 4.44. The fourth-order valence-corrected chi connectivity index (χ4v) is 3.23. The predicted molar refractivity (Wildman–Crippen MR) is 93.2 cm³/mol. The normalized spacial score (nSPS) is 17.7. The lowest BCUT2D eigenvalue weighted by Gasteiger charge is -2.15. The van der Waals surface area contributed by atoms with Crippen molar-refractivity contribution in [3.63, 3.8) is 0 Å². The minimum atomic E-state index is 0.331. The molecular weight excluding hydrogens is 284 g/mol. The molecule has 0 bridgehead atoms. The summed E-state index contributed by atoms with van der Waals surface area (Å²) in [5.74, 6) is 0. The largest absolute Gasteiger partial charge is 0.372 e. The first-order valence-electron chi connectivity index (χ1n) is 8.16. The van der Waals surface area contributed by atoms with Gasteiger partial charge in [-0.05, 0) is 41.8 Å². The number of hydrogen-bond donors (Lipinski definition) is 1. The van der Waals surface area contributed by atoms with Crippen LogP contribution in [0.5, 0.6) is 0 Å². The van der Waals surface area contributed by atoms with Crippen LogP contribution >= 0.6 is 0 Å². The molecule has 23 heavy (non-hydrogen) atoms. The van der Waals surface area contributed by atoms with Crippen molar-refractivity contribution in [2.24, 2.45) is 0 Å². The second-order valence-corrected chi connectivity index (χ2v) is 5.96. The van der Waals surface area contributed by atoms with Crippen molar-refractivity contribution < 1.29 is 4.74 Å². The maximum Gasteiger partial charge on any atom is 0.0727 e. The summed E-state index contributed by atoms with van der Waals surface area (Å²) in [6.45, 7) is 2.67. The third-order valence-electron chi connectivity index (χ3n) is 4.44. The monoisotopic (exact) mass is 304 g/mol. The number of rotatable bonds is 4. The Morgan fingerprint density at radius 2 is 1.91 bits per heavy atom. The Morgan fingerprint density at radius 1 is 1.00 bits per heavy atom. The quantitative estimate of drug-likeness (QED) is 0.796. The van der Waals surface area contributed by atoms with Crippen LogP contribution in [0.15, 0.2) is 60.8 Å². The van der Waals surface area contributed by atoms with Gasteiger partial charge < -0.3 is 10.1 Å². The van der Waals surface area contributed by atoms with Crippen LogP contribution in [0.2, 0.25) is 0 Å². The van der Waals surface area contributed by atoms with Gasteiger partial charge in [-0.3, -0.25) is 4.98 Å². The zero-order valence-corrected chi connectivity index (χ0v) is 13.0. The van der Waals surface area contributed by atoms with Crippen LogP contribution in [0.3, 0.4) is 0 Å². The highest BCUT2D eigenvalue weighted by molar-refractivity contribution is 5.95. The van der Waals surface area contributed by atoms with Crippen LogP contribution in [0, 0.1) is 0 Å². The minimum absolute atomic E-state index is 0.331. The van der Waals surface area contributed by atoms with Gasteiger partial charge in [-0.25, -0.2) is 0 Å². The van der Waals surface area contributed by atoms with Crippen LogP contribution in [0.1, 0.15) is 12.0 Å². The van der Waals surface area contributed by atoms with Gasteiger partial charge in [0.05, 0.1) is 18.2 Å². The Kier molecular flexibility index (Phi) is 4.05. The van der Waals surface area contributed by atoms with Crippen molar-refractivity contribution in [3.8, 4) is 11.1 Å². The van der Waals surface area contributed by atoms with E-state index in [-0.39, 0.29) is 0 Å². The molecule has 1 atom stereocenters. The lowest BCUT2D eigenvalue weighted by atomic mass is 9.96. The van der Waals surface area contributed by atoms with Crippen LogP contribution < -0.4 is 5.32 Å². The van der Waals surface area contributed by atoms with Gasteiger partial charge in [-0.15, -0.1) is 0 Å². The van der Waals surface area contributed by atoms with E-state index in [9.17, 15) is 0 Å². The van der Waals surface area contributed by atoms with E-state index in [1.54, 1.807) is 0 Å². The van der Waals surface area contributed by atoms with E-state index in [0.717, 1.165) is 25.0 Å². The van der Waals surface area contributed by atoms with Crippen LogP contribution in [0.25, 0.3) is 22.0 Å². The molecule has 1 N–H and O–H groups in total. The molecule has 1 fully saturated rings. The van der Waals surface area contributed by atoms with Crippen molar-refractivity contribution in [2.45, 2.75) is 19.1 Å². The van der Waals surface area contributed by atoms with Crippen LogP contribution in [-0.4, -0.2) is 24.2 Å². The molecule has 3 aromatic rings. The molecule has 3 heteroatoms. The lowest BCUT2D eigenvalue weighted by Crippen LogP contribution is -2.16. The summed E-state index contributed by atoms with van der Waals surface area (Å²) in [6, 6.07) is 18.9. The Balaban J connectivity index is 1.70. The molecule has 1 unspecified atom stereocenters. The number of aromatic nitrogens is 1. The highest BCUT2D eigenvalue weighted by Gasteiger charge is 2.16. The fraction of sp³-hybridized carbons (Fsp3) is 0.250. The number of nitrogens with one attached hydrogen (secondary N) is 1. The molecule has 1 aliphatic rings. The first kappa shape index (κ1) is 14.4. The predicted octanol–water partition coefficient (Wildman–Crippen LogP) is 3.78. The maximum atomic E-state index is 6.09.